The molecule has 22 heteroatoms. The molecular weight excluding hydrogens is 1300 g/mol. The lowest BCUT2D eigenvalue weighted by Crippen LogP contribution is -2.82. The van der Waals surface area contributed by atoms with Crippen molar-refractivity contribution in [3.63, 3.8) is 0 Å². The Bertz CT molecular complexity index is 4470. The van der Waals surface area contributed by atoms with E-state index in [1.54, 1.807) is 115 Å². The van der Waals surface area contributed by atoms with E-state index in [1.807, 2.05) is 84.9 Å². The maximum atomic E-state index is 15.5. The van der Waals surface area contributed by atoms with E-state index in [1.165, 1.54) is 26.0 Å². The van der Waals surface area contributed by atoms with Gasteiger partial charge in [-0.3, -0.25) is 24.2 Å². The van der Waals surface area contributed by atoms with Gasteiger partial charge < -0.3 is 49.6 Å². The first-order valence-corrected chi connectivity index (χ1v) is 34.6. The monoisotopic (exact) mass is 1380 g/mol. The molecular formula is C77H79ClN4O16S. The number of aromatic nitrogens is 1. The van der Waals surface area contributed by atoms with Crippen LogP contribution in [0.15, 0.2) is 210 Å². The van der Waals surface area contributed by atoms with Gasteiger partial charge in [-0.05, 0) is 120 Å². The molecule has 4 aliphatic rings. The molecule has 12 rings (SSSR count). The highest BCUT2D eigenvalue weighted by molar-refractivity contribution is 7.89. The number of hydrogen-bond acceptors (Lipinski definition) is 18. The minimum Gasteiger partial charge on any atom is -0.456 e. The number of unbranched alkanes of at least 4 members (excludes halogenated alkanes) is 1. The molecule has 516 valence electrons. The van der Waals surface area contributed by atoms with Gasteiger partial charge in [0.25, 0.3) is 5.91 Å². The van der Waals surface area contributed by atoms with Gasteiger partial charge in [0.05, 0.1) is 46.1 Å². The standard InChI is InChI=1S/C47H51NO14.C30H28ClN3O2S/c1-25-31(60-43(56)36(52)35(28-16-10-7-11-17-28)48-41(54)29-18-12-8-13-19-29)23-47(57)40(61-42(55)30-20-14-9-15-21-30)38-45(6,32(51)22-33-46(38,24-58-33)62-27(3)50)39(53)37(59-26(2)49)34(25)44(47,4)5;31-26-13-15-28-29(16-18-33-30(28)21-26)32-17-6-7-19-34(22-23-8-2-1-3-9-23)37(35,36)27-14-12-24-10-4-5-11-25(24)20-27/h7-21,31-33,35-38,40,51-52,57H,22-24H2,1-6H3,(H,48,54);1-5,8-16,18,20-21H,6-7,17,19,22H2,(H,32,33)/t31-,32-,33+,35-,36+,37+,38?,40-,45+,46-,47+;/m0./s1. The highest BCUT2D eigenvalue weighted by atomic mass is 35.5. The molecule has 2 heterocycles. The second kappa shape index (κ2) is 29.3. The van der Waals surface area contributed by atoms with Crippen molar-refractivity contribution in [2.75, 3.05) is 25.0 Å². The molecule has 0 spiro atoms. The highest BCUT2D eigenvalue weighted by Crippen LogP contribution is 2.64. The molecule has 99 heavy (non-hydrogen) atoms. The lowest BCUT2D eigenvalue weighted by molar-refractivity contribution is -0.346. The number of pyridine rings is 1. The number of aliphatic hydroxyl groups is 3. The summed E-state index contributed by atoms with van der Waals surface area (Å²) in [6.45, 7) is 9.46. The van der Waals surface area contributed by atoms with E-state index in [0.29, 0.717) is 28.6 Å². The summed E-state index contributed by atoms with van der Waals surface area (Å²) in [5.41, 5.74) is -4.22. The topological polar surface area (TPSA) is 284 Å². The Kier molecular flexibility index (Phi) is 21.1. The van der Waals surface area contributed by atoms with Crippen LogP contribution in [0, 0.1) is 16.7 Å². The third-order valence-electron chi connectivity index (χ3n) is 19.9. The molecule has 1 aliphatic heterocycles. The maximum Gasteiger partial charge on any atom is 0.338 e. The molecule has 1 aromatic heterocycles. The zero-order valence-electron chi connectivity index (χ0n) is 55.6. The van der Waals surface area contributed by atoms with Crippen molar-refractivity contribution in [3.05, 3.63) is 233 Å². The van der Waals surface area contributed by atoms with E-state index in [9.17, 15) is 47.7 Å². The first-order chi connectivity index (χ1) is 47.3. The second-order valence-corrected chi connectivity index (χ2v) is 28.7. The van der Waals surface area contributed by atoms with Gasteiger partial charge in [-0.15, -0.1) is 0 Å². The summed E-state index contributed by atoms with van der Waals surface area (Å²) in [5.74, 6) is -6.84. The molecule has 2 saturated carbocycles. The van der Waals surface area contributed by atoms with E-state index in [4.69, 9.17) is 35.3 Å². The predicted octanol–water partition coefficient (Wildman–Crippen LogP) is 10.9. The third-order valence-corrected chi connectivity index (χ3v) is 22.0. The van der Waals surface area contributed by atoms with Crippen molar-refractivity contribution in [2.45, 2.75) is 133 Å². The molecule has 0 radical (unpaired) electrons. The molecule has 1 amide bonds. The summed E-state index contributed by atoms with van der Waals surface area (Å²) < 4.78 is 59.3. The first-order valence-electron chi connectivity index (χ1n) is 32.8. The number of amides is 1. The number of esters is 4. The quantitative estimate of drug-likeness (QED) is 0.0205. The summed E-state index contributed by atoms with van der Waals surface area (Å²) in [5, 5.41) is 47.3. The van der Waals surface area contributed by atoms with Gasteiger partial charge in [0, 0.05) is 79.6 Å². The molecule has 20 nitrogen and oxygen atoms in total. The number of fused-ring (bicyclic) bond motifs is 7. The van der Waals surface area contributed by atoms with E-state index in [0.717, 1.165) is 66.2 Å². The zero-order valence-corrected chi connectivity index (χ0v) is 57.2. The van der Waals surface area contributed by atoms with Crippen molar-refractivity contribution in [1.82, 2.24) is 14.6 Å². The number of Topliss-reactive ketones (excluding diaryl/α,β-unsaturated/α-hetero) is 1. The SMILES string of the molecule is CC(=O)O[C@H]1C(=O)[C@@]2(C)C([C@H](OC(=O)c3ccccc3)[C@]3(O)C[C@H](OC(=O)[C@H](O)[C@@H](NC(=O)c4ccccc4)c4ccccc4)C(C)=C1C3(C)C)[C@]1(OC(C)=O)CO[C@@H]1C[C@@H]2O.O=S(=O)(c1ccc2ccccc2c1)N(CCCCNc1ccnc2cc(Cl)ccc12)Cc1ccccc1. The number of ether oxygens (including phenoxy) is 5. The van der Waals surface area contributed by atoms with E-state index in [-0.39, 0.29) is 35.3 Å². The van der Waals surface area contributed by atoms with E-state index < -0.39 is 123 Å². The third kappa shape index (κ3) is 14.2. The molecule has 3 aliphatic carbocycles. The number of hydrogen-bond donors (Lipinski definition) is 5. The van der Waals surface area contributed by atoms with Gasteiger partial charge in [-0.25, -0.2) is 18.0 Å². The minimum absolute atomic E-state index is 0.00289. The lowest BCUT2D eigenvalue weighted by atomic mass is 9.44. The molecule has 1 unspecified atom stereocenters. The molecule has 11 atom stereocenters. The molecule has 7 aromatic carbocycles. The summed E-state index contributed by atoms with van der Waals surface area (Å²) in [6, 6.07) is 53.5. The van der Waals surface area contributed by atoms with Gasteiger partial charge in [0.2, 0.25) is 10.0 Å². The minimum atomic E-state index is -3.67. The van der Waals surface area contributed by atoms with Crippen molar-refractivity contribution >= 4 is 84.6 Å². The van der Waals surface area contributed by atoms with E-state index in [2.05, 4.69) is 15.6 Å². The van der Waals surface area contributed by atoms with Crippen LogP contribution in [0.25, 0.3) is 21.7 Å². The number of sulfonamides is 1. The first kappa shape index (κ1) is 71.1. The number of nitrogens with zero attached hydrogens (tertiary/aromatic N) is 2. The van der Waals surface area contributed by atoms with Crippen LogP contribution in [0.5, 0.6) is 0 Å². The van der Waals surface area contributed by atoms with Crippen molar-refractivity contribution in [2.24, 2.45) is 16.7 Å². The Morgan fingerprint density at radius 3 is 2.04 bits per heavy atom. The van der Waals surface area contributed by atoms with Crippen LogP contribution in [-0.2, 0) is 59.4 Å². The number of benzene rings is 7. The smallest absolute Gasteiger partial charge is 0.338 e. The fraction of sp³-hybridized carbons (Fsp3) is 0.338. The summed E-state index contributed by atoms with van der Waals surface area (Å²) in [6.07, 6.45) is -7.21. The zero-order chi connectivity index (χ0) is 70.6. The largest absolute Gasteiger partial charge is 0.456 e. The Morgan fingerprint density at radius 2 is 1.39 bits per heavy atom. The van der Waals surface area contributed by atoms with Gasteiger partial charge in [-0.1, -0.05) is 153 Å². The lowest BCUT2D eigenvalue weighted by Gasteiger charge is -2.67. The highest BCUT2D eigenvalue weighted by Gasteiger charge is 2.78. The molecule has 3 fully saturated rings. The van der Waals surface area contributed by atoms with Crippen LogP contribution in [-0.4, -0.2) is 136 Å². The van der Waals surface area contributed by atoms with Crippen molar-refractivity contribution in [3.8, 4) is 0 Å². The van der Waals surface area contributed by atoms with Crippen LogP contribution < -0.4 is 10.6 Å². The van der Waals surface area contributed by atoms with Gasteiger partial charge in [-0.2, -0.15) is 4.31 Å². The van der Waals surface area contributed by atoms with Crippen molar-refractivity contribution < 1.29 is 76.2 Å². The molecule has 8 aromatic rings. The average molecular weight is 1380 g/mol. The second-order valence-electron chi connectivity index (χ2n) is 26.3. The number of halogens is 1. The van der Waals surface area contributed by atoms with Crippen LogP contribution in [0.3, 0.4) is 0 Å². The Morgan fingerprint density at radius 1 is 0.758 bits per heavy atom. The number of carbonyl (C=O) groups excluding carboxylic acids is 6. The van der Waals surface area contributed by atoms with Crippen LogP contribution in [0.4, 0.5) is 5.69 Å². The molecule has 2 bridgehead atoms. The van der Waals surface area contributed by atoms with Crippen LogP contribution in [0.1, 0.15) is 105 Å². The predicted molar refractivity (Wildman–Crippen MR) is 370 cm³/mol. The normalized spacial score (nSPS) is 24.4. The van der Waals surface area contributed by atoms with Gasteiger partial charge in [0.15, 0.2) is 23.6 Å². The maximum absolute atomic E-state index is 15.5. The number of anilines is 1. The number of carbonyl (C=O) groups is 6. The number of rotatable bonds is 20. The molecule has 1 saturated heterocycles. The van der Waals surface area contributed by atoms with Crippen molar-refractivity contribution in [1.29, 1.82) is 0 Å². The van der Waals surface area contributed by atoms with Crippen LogP contribution in [0.2, 0.25) is 5.02 Å². The number of ketones is 1. The van der Waals surface area contributed by atoms with Gasteiger partial charge >= 0.3 is 23.9 Å². The Balaban J connectivity index is 0.000000227. The van der Waals surface area contributed by atoms with Gasteiger partial charge in [0.1, 0.15) is 23.9 Å². The summed E-state index contributed by atoms with van der Waals surface area (Å²) >= 11 is 6.10. The number of aliphatic hydroxyl groups excluding tert-OH is 2. The van der Waals surface area contributed by atoms with Crippen LogP contribution >= 0.6 is 11.6 Å². The molecule has 5 N–H and O–H groups in total. The average Bonchev–Trinajstić information content (AvgIpc) is 0.669. The summed E-state index contributed by atoms with van der Waals surface area (Å²) in [4.78, 5) is 88.2. The fourth-order valence-electron chi connectivity index (χ4n) is 14.6. The van der Waals surface area contributed by atoms with E-state index >= 15 is 4.79 Å². The fourth-order valence-corrected chi connectivity index (χ4v) is 16.3. The number of nitrogens with one attached hydrogen (secondary N) is 2. The summed E-state index contributed by atoms with van der Waals surface area (Å²) in [7, 11) is -3.67. The Hall–Kier alpha value is -9.19. The Labute approximate surface area is 579 Å².